The quantitative estimate of drug-likeness (QED) is 0.352. The number of amides is 2. The molecule has 7 nitrogen and oxygen atoms in total. The number of carbonyl (C=O) groups excluding carboxylic acids is 2. The topological polar surface area (TPSA) is 86.8 Å². The molecule has 0 aliphatic carbocycles. The van der Waals surface area contributed by atoms with Crippen LogP contribution in [0.25, 0.3) is 0 Å². The van der Waals surface area contributed by atoms with Crippen LogP contribution < -0.4 is 9.62 Å². The zero-order valence-electron chi connectivity index (χ0n) is 21.7. The van der Waals surface area contributed by atoms with Crippen molar-refractivity contribution in [3.63, 3.8) is 0 Å². The number of hydrogen-bond donors (Lipinski definition) is 1. The van der Waals surface area contributed by atoms with E-state index < -0.39 is 34.3 Å². The molecule has 3 rings (SSSR count). The molecular formula is C28H31BrFN3O4S. The highest BCUT2D eigenvalue weighted by Crippen LogP contribution is 2.25. The van der Waals surface area contributed by atoms with E-state index in [1.54, 1.807) is 31.2 Å². The molecule has 0 saturated carbocycles. The van der Waals surface area contributed by atoms with Gasteiger partial charge in [-0.15, -0.1) is 0 Å². The van der Waals surface area contributed by atoms with Crippen molar-refractivity contribution in [2.24, 2.45) is 0 Å². The largest absolute Gasteiger partial charge is 0.352 e. The van der Waals surface area contributed by atoms with Crippen LogP contribution in [0.4, 0.5) is 10.1 Å². The third kappa shape index (κ3) is 7.41. The second-order valence-corrected chi connectivity index (χ2v) is 12.1. The summed E-state index contributed by atoms with van der Waals surface area (Å²) in [5.41, 5.74) is 1.95. The number of aryl methyl sites for hydroxylation is 1. The second kappa shape index (κ2) is 12.5. The lowest BCUT2D eigenvalue weighted by atomic mass is 10.1. The summed E-state index contributed by atoms with van der Waals surface area (Å²) in [6, 6.07) is 17.4. The summed E-state index contributed by atoms with van der Waals surface area (Å²) in [6.07, 6.45) is 0. The van der Waals surface area contributed by atoms with Crippen LogP contribution in [0.3, 0.4) is 0 Å². The molecule has 3 aromatic rings. The molecule has 0 heterocycles. The number of anilines is 1. The van der Waals surface area contributed by atoms with E-state index in [1.807, 2.05) is 45.0 Å². The SMILES string of the molecule is Cc1ccc(N(CC(=O)N(Cc2cccc(Br)c2)[C@H](C)C(=O)NC(C)C)S(=O)(=O)c2ccc(F)cc2)cc1. The van der Waals surface area contributed by atoms with Crippen LogP contribution in [0.15, 0.2) is 82.2 Å². The predicted octanol–water partition coefficient (Wildman–Crippen LogP) is 5.03. The highest BCUT2D eigenvalue weighted by Gasteiger charge is 2.32. The van der Waals surface area contributed by atoms with E-state index in [-0.39, 0.29) is 29.1 Å². The average Bonchev–Trinajstić information content (AvgIpc) is 2.86. The molecule has 38 heavy (non-hydrogen) atoms. The van der Waals surface area contributed by atoms with Gasteiger partial charge in [0, 0.05) is 17.1 Å². The first-order valence-electron chi connectivity index (χ1n) is 12.1. The maximum absolute atomic E-state index is 13.8. The Hall–Kier alpha value is -3.24. The number of nitrogens with one attached hydrogen (secondary N) is 1. The molecule has 0 spiro atoms. The summed E-state index contributed by atoms with van der Waals surface area (Å²) >= 11 is 3.42. The average molecular weight is 605 g/mol. The molecule has 0 aliphatic rings. The Morgan fingerprint density at radius 1 is 0.974 bits per heavy atom. The van der Waals surface area contributed by atoms with Gasteiger partial charge >= 0.3 is 0 Å². The lowest BCUT2D eigenvalue weighted by molar-refractivity contribution is -0.139. The number of rotatable bonds is 10. The molecule has 202 valence electrons. The Morgan fingerprint density at radius 2 is 1.61 bits per heavy atom. The molecule has 0 aliphatic heterocycles. The van der Waals surface area contributed by atoms with Crippen molar-refractivity contribution < 1.29 is 22.4 Å². The van der Waals surface area contributed by atoms with Crippen molar-refractivity contribution in [1.29, 1.82) is 0 Å². The van der Waals surface area contributed by atoms with Gasteiger partial charge in [0.25, 0.3) is 10.0 Å². The van der Waals surface area contributed by atoms with Gasteiger partial charge < -0.3 is 10.2 Å². The van der Waals surface area contributed by atoms with Crippen molar-refractivity contribution in [3.8, 4) is 0 Å². The number of hydrogen-bond acceptors (Lipinski definition) is 4. The van der Waals surface area contributed by atoms with Crippen molar-refractivity contribution in [3.05, 3.63) is 94.2 Å². The Kier molecular flexibility index (Phi) is 9.67. The Balaban J connectivity index is 2.02. The van der Waals surface area contributed by atoms with Crippen LogP contribution in [0.1, 0.15) is 31.9 Å². The van der Waals surface area contributed by atoms with Crippen LogP contribution in [0.2, 0.25) is 0 Å². The molecule has 0 aromatic heterocycles. The summed E-state index contributed by atoms with van der Waals surface area (Å²) in [5, 5.41) is 2.82. The maximum atomic E-state index is 13.8. The Morgan fingerprint density at radius 3 is 2.18 bits per heavy atom. The van der Waals surface area contributed by atoms with Crippen molar-refractivity contribution in [2.75, 3.05) is 10.8 Å². The maximum Gasteiger partial charge on any atom is 0.264 e. The van der Waals surface area contributed by atoms with Crippen LogP contribution in [-0.2, 0) is 26.2 Å². The van der Waals surface area contributed by atoms with Gasteiger partial charge in [0.1, 0.15) is 18.4 Å². The number of halogens is 2. The highest BCUT2D eigenvalue weighted by molar-refractivity contribution is 9.10. The van der Waals surface area contributed by atoms with E-state index >= 15 is 0 Å². The summed E-state index contributed by atoms with van der Waals surface area (Å²) in [7, 11) is -4.25. The van der Waals surface area contributed by atoms with E-state index in [9.17, 15) is 22.4 Å². The highest BCUT2D eigenvalue weighted by atomic mass is 79.9. The van der Waals surface area contributed by atoms with Gasteiger partial charge in [0.15, 0.2) is 0 Å². The minimum atomic E-state index is -4.25. The van der Waals surface area contributed by atoms with E-state index in [1.165, 1.54) is 4.90 Å². The normalized spacial score (nSPS) is 12.2. The molecule has 0 fully saturated rings. The fraction of sp³-hybridized carbons (Fsp3) is 0.286. The number of nitrogens with zero attached hydrogens (tertiary/aromatic N) is 2. The fourth-order valence-corrected chi connectivity index (χ4v) is 5.65. The van der Waals surface area contributed by atoms with E-state index in [0.29, 0.717) is 0 Å². The second-order valence-electron chi connectivity index (χ2n) is 9.29. The molecule has 10 heteroatoms. The molecule has 0 bridgehead atoms. The van der Waals surface area contributed by atoms with Gasteiger partial charge in [-0.3, -0.25) is 13.9 Å². The van der Waals surface area contributed by atoms with E-state index in [0.717, 1.165) is 44.2 Å². The first-order chi connectivity index (χ1) is 17.9. The zero-order valence-corrected chi connectivity index (χ0v) is 24.1. The van der Waals surface area contributed by atoms with Gasteiger partial charge in [-0.1, -0.05) is 45.8 Å². The van der Waals surface area contributed by atoms with E-state index in [2.05, 4.69) is 21.2 Å². The number of benzene rings is 3. The van der Waals surface area contributed by atoms with Gasteiger partial charge in [-0.05, 0) is 81.8 Å². The molecule has 0 radical (unpaired) electrons. The fourth-order valence-electron chi connectivity index (χ4n) is 3.79. The van der Waals surface area contributed by atoms with Crippen molar-refractivity contribution in [2.45, 2.75) is 51.2 Å². The molecule has 1 atom stereocenters. The van der Waals surface area contributed by atoms with Gasteiger partial charge in [0.05, 0.1) is 10.6 Å². The van der Waals surface area contributed by atoms with Gasteiger partial charge in [-0.25, -0.2) is 12.8 Å². The number of carbonyl (C=O) groups is 2. The van der Waals surface area contributed by atoms with Crippen LogP contribution in [0, 0.1) is 12.7 Å². The molecule has 0 saturated heterocycles. The summed E-state index contributed by atoms with van der Waals surface area (Å²) < 4.78 is 42.7. The lowest BCUT2D eigenvalue weighted by Crippen LogP contribution is -2.52. The van der Waals surface area contributed by atoms with Crippen LogP contribution >= 0.6 is 15.9 Å². The standard InChI is InChI=1S/C28H31BrFN3O4S/c1-19(2)31-28(35)21(4)32(17-22-6-5-7-23(29)16-22)27(34)18-33(25-12-8-20(3)9-13-25)38(36,37)26-14-10-24(30)11-15-26/h5-16,19,21H,17-18H2,1-4H3,(H,31,35)/t21-/m1/s1. The van der Waals surface area contributed by atoms with Gasteiger partial charge in [-0.2, -0.15) is 0 Å². The lowest BCUT2D eigenvalue weighted by Gasteiger charge is -2.32. The Bertz CT molecular complexity index is 1380. The molecule has 0 unspecified atom stereocenters. The molecule has 3 aromatic carbocycles. The van der Waals surface area contributed by atoms with Gasteiger partial charge in [0.2, 0.25) is 11.8 Å². The molecular weight excluding hydrogens is 573 g/mol. The van der Waals surface area contributed by atoms with Crippen LogP contribution in [0.5, 0.6) is 0 Å². The first-order valence-corrected chi connectivity index (χ1v) is 14.3. The van der Waals surface area contributed by atoms with E-state index in [4.69, 9.17) is 0 Å². The van der Waals surface area contributed by atoms with Crippen LogP contribution in [-0.4, -0.2) is 43.8 Å². The summed E-state index contributed by atoms with van der Waals surface area (Å²) in [6.45, 7) is 6.64. The number of sulfonamides is 1. The molecule has 2 amide bonds. The minimum absolute atomic E-state index is 0.0866. The zero-order chi connectivity index (χ0) is 28.0. The Labute approximate surface area is 231 Å². The smallest absolute Gasteiger partial charge is 0.264 e. The van der Waals surface area contributed by atoms with Crippen molar-refractivity contribution in [1.82, 2.24) is 10.2 Å². The third-order valence-corrected chi connectivity index (χ3v) is 8.12. The summed E-state index contributed by atoms with van der Waals surface area (Å²) in [4.78, 5) is 27.9. The first kappa shape index (κ1) is 29.3. The third-order valence-electron chi connectivity index (χ3n) is 5.84. The monoisotopic (exact) mass is 603 g/mol. The minimum Gasteiger partial charge on any atom is -0.352 e. The predicted molar refractivity (Wildman–Crippen MR) is 150 cm³/mol. The molecule has 1 N–H and O–H groups in total. The van der Waals surface area contributed by atoms with Crippen molar-refractivity contribution >= 4 is 43.5 Å². The summed E-state index contributed by atoms with van der Waals surface area (Å²) in [5.74, 6) is -1.50.